The largest absolute Gasteiger partial charge is 0.573 e. The molecule has 0 spiro atoms. The molecule has 0 radical (unpaired) electrons. The van der Waals surface area contributed by atoms with Crippen LogP contribution in [0.2, 0.25) is 0 Å². The van der Waals surface area contributed by atoms with Crippen molar-refractivity contribution >= 4 is 0 Å². The molecule has 27 heavy (non-hydrogen) atoms. The lowest BCUT2D eigenvalue weighted by Crippen LogP contribution is -2.17. The Kier molecular flexibility index (Phi) is 4.93. The van der Waals surface area contributed by atoms with E-state index >= 15 is 0 Å². The van der Waals surface area contributed by atoms with Crippen LogP contribution in [0, 0.1) is 6.92 Å². The Balaban J connectivity index is 1.87. The van der Waals surface area contributed by atoms with Gasteiger partial charge in [0.15, 0.2) is 0 Å². The summed E-state index contributed by atoms with van der Waals surface area (Å²) >= 11 is 0. The van der Waals surface area contributed by atoms with Crippen molar-refractivity contribution in [3.8, 4) is 17.1 Å². The van der Waals surface area contributed by atoms with Crippen LogP contribution in [0.15, 0.2) is 47.5 Å². The molecule has 2 heterocycles. The van der Waals surface area contributed by atoms with Crippen molar-refractivity contribution in [2.24, 2.45) is 0 Å². The zero-order valence-electron chi connectivity index (χ0n) is 14.4. The number of aromatic amines is 1. The number of hydrogen-bond donors (Lipinski definition) is 1. The minimum atomic E-state index is -4.73. The summed E-state index contributed by atoms with van der Waals surface area (Å²) in [7, 11) is 0. The van der Waals surface area contributed by atoms with E-state index in [0.29, 0.717) is 22.9 Å². The van der Waals surface area contributed by atoms with Crippen molar-refractivity contribution in [1.82, 2.24) is 19.9 Å². The van der Waals surface area contributed by atoms with Gasteiger partial charge in [0, 0.05) is 12.0 Å². The molecule has 1 N–H and O–H groups in total. The van der Waals surface area contributed by atoms with Gasteiger partial charge in [0.1, 0.15) is 17.9 Å². The normalized spacial score (nSPS) is 12.6. The topological polar surface area (TPSA) is 80.8 Å². The Bertz CT molecular complexity index is 1000. The van der Waals surface area contributed by atoms with E-state index in [1.165, 1.54) is 24.5 Å². The summed E-state index contributed by atoms with van der Waals surface area (Å²) in [6.45, 7) is 3.53. The SMILES string of the molecule is Cc1nc(-c2cc(C(C)c3ccc(OC(F)(F)F)cc3)ncn2)cc(=O)[nH]1. The number of aromatic nitrogens is 4. The number of hydrogen-bond acceptors (Lipinski definition) is 5. The highest BCUT2D eigenvalue weighted by Crippen LogP contribution is 2.28. The highest BCUT2D eigenvalue weighted by atomic mass is 19.4. The highest BCUT2D eigenvalue weighted by molar-refractivity contribution is 5.54. The molecule has 0 saturated heterocycles. The predicted molar refractivity (Wildman–Crippen MR) is 91.3 cm³/mol. The smallest absolute Gasteiger partial charge is 0.406 e. The Hall–Kier alpha value is -3.23. The maximum absolute atomic E-state index is 12.3. The Morgan fingerprint density at radius 2 is 1.78 bits per heavy atom. The summed E-state index contributed by atoms with van der Waals surface area (Å²) in [5.41, 5.74) is 2.01. The third kappa shape index (κ3) is 4.69. The third-order valence-corrected chi connectivity index (χ3v) is 3.87. The average molecular weight is 376 g/mol. The molecule has 6 nitrogen and oxygen atoms in total. The summed E-state index contributed by atoms with van der Waals surface area (Å²) in [6, 6.07) is 8.64. The lowest BCUT2D eigenvalue weighted by molar-refractivity contribution is -0.274. The van der Waals surface area contributed by atoms with Gasteiger partial charge in [-0.25, -0.2) is 15.0 Å². The van der Waals surface area contributed by atoms with Crippen LogP contribution in [0.1, 0.15) is 29.9 Å². The molecular formula is C18H15F3N4O2. The maximum Gasteiger partial charge on any atom is 0.573 e. The minimum absolute atomic E-state index is 0.213. The van der Waals surface area contributed by atoms with Crippen LogP contribution < -0.4 is 10.3 Å². The number of H-pyrrole nitrogens is 1. The second-order valence-electron chi connectivity index (χ2n) is 5.88. The fraction of sp³-hybridized carbons (Fsp3) is 0.222. The fourth-order valence-corrected chi connectivity index (χ4v) is 2.59. The van der Waals surface area contributed by atoms with E-state index in [1.54, 1.807) is 25.1 Å². The molecule has 1 unspecified atom stereocenters. The molecule has 0 aliphatic heterocycles. The van der Waals surface area contributed by atoms with Crippen LogP contribution >= 0.6 is 0 Å². The molecule has 0 amide bonds. The van der Waals surface area contributed by atoms with Crippen molar-refractivity contribution in [1.29, 1.82) is 0 Å². The fourth-order valence-electron chi connectivity index (χ4n) is 2.59. The molecule has 9 heteroatoms. The Labute approximate surface area is 152 Å². The van der Waals surface area contributed by atoms with E-state index in [1.807, 2.05) is 6.92 Å². The molecule has 0 bridgehead atoms. The molecule has 3 aromatic rings. The molecule has 0 saturated carbocycles. The number of halogens is 3. The van der Waals surface area contributed by atoms with Gasteiger partial charge in [-0.05, 0) is 30.7 Å². The number of aryl methyl sites for hydroxylation is 1. The van der Waals surface area contributed by atoms with Gasteiger partial charge in [-0.1, -0.05) is 19.1 Å². The number of alkyl halides is 3. The quantitative estimate of drug-likeness (QED) is 0.753. The second-order valence-corrected chi connectivity index (χ2v) is 5.88. The standard InChI is InChI=1S/C18H15F3N4O2/c1-10(12-3-5-13(6-4-12)27-18(19,20)21)14-7-15(23-9-22-14)16-8-17(26)25-11(2)24-16/h3-10H,1-2H3,(H,24,25,26). The van der Waals surface area contributed by atoms with E-state index in [2.05, 4.69) is 24.7 Å². The van der Waals surface area contributed by atoms with Gasteiger partial charge in [-0.2, -0.15) is 0 Å². The van der Waals surface area contributed by atoms with Crippen LogP contribution in [-0.2, 0) is 0 Å². The number of benzene rings is 1. The van der Waals surface area contributed by atoms with Gasteiger partial charge in [-0.15, -0.1) is 13.2 Å². The number of ether oxygens (including phenoxy) is 1. The molecule has 1 aromatic carbocycles. The number of nitrogens with zero attached hydrogens (tertiary/aromatic N) is 3. The first-order valence-electron chi connectivity index (χ1n) is 7.97. The summed E-state index contributed by atoms with van der Waals surface area (Å²) in [5.74, 6) is -0.0363. The van der Waals surface area contributed by atoms with E-state index in [9.17, 15) is 18.0 Å². The Morgan fingerprint density at radius 3 is 2.41 bits per heavy atom. The Morgan fingerprint density at radius 1 is 1.07 bits per heavy atom. The van der Waals surface area contributed by atoms with E-state index < -0.39 is 6.36 Å². The molecule has 0 aliphatic carbocycles. The zero-order chi connectivity index (χ0) is 19.6. The lowest BCUT2D eigenvalue weighted by Gasteiger charge is -2.14. The third-order valence-electron chi connectivity index (χ3n) is 3.87. The first kappa shape index (κ1) is 18.6. The van der Waals surface area contributed by atoms with Crippen molar-refractivity contribution in [2.45, 2.75) is 26.1 Å². The van der Waals surface area contributed by atoms with E-state index in [-0.39, 0.29) is 17.2 Å². The van der Waals surface area contributed by atoms with E-state index in [4.69, 9.17) is 0 Å². The lowest BCUT2D eigenvalue weighted by atomic mass is 9.97. The number of nitrogens with one attached hydrogen (secondary N) is 1. The molecule has 140 valence electrons. The van der Waals surface area contributed by atoms with Crippen molar-refractivity contribution in [2.75, 3.05) is 0 Å². The van der Waals surface area contributed by atoms with Crippen molar-refractivity contribution in [3.05, 3.63) is 70.2 Å². The van der Waals surface area contributed by atoms with E-state index in [0.717, 1.165) is 5.56 Å². The van der Waals surface area contributed by atoms with Crippen LogP contribution in [0.5, 0.6) is 5.75 Å². The van der Waals surface area contributed by atoms with Crippen LogP contribution in [-0.4, -0.2) is 26.3 Å². The number of rotatable bonds is 4. The van der Waals surface area contributed by atoms with Gasteiger partial charge in [0.2, 0.25) is 0 Å². The van der Waals surface area contributed by atoms with Gasteiger partial charge in [0.25, 0.3) is 5.56 Å². The summed E-state index contributed by atoms with van der Waals surface area (Å²) in [5, 5.41) is 0. The second kappa shape index (κ2) is 7.18. The summed E-state index contributed by atoms with van der Waals surface area (Å²) in [4.78, 5) is 26.8. The zero-order valence-corrected chi connectivity index (χ0v) is 14.4. The first-order chi connectivity index (χ1) is 12.7. The van der Waals surface area contributed by atoms with Crippen molar-refractivity contribution in [3.63, 3.8) is 0 Å². The predicted octanol–water partition coefficient (Wildman–Crippen LogP) is 3.59. The van der Waals surface area contributed by atoms with Crippen LogP contribution in [0.25, 0.3) is 11.4 Å². The molecule has 0 aliphatic rings. The highest BCUT2D eigenvalue weighted by Gasteiger charge is 2.31. The molecule has 1 atom stereocenters. The molecule has 2 aromatic heterocycles. The molecule has 3 rings (SSSR count). The molecular weight excluding hydrogens is 361 g/mol. The van der Waals surface area contributed by atoms with Crippen molar-refractivity contribution < 1.29 is 17.9 Å². The maximum atomic E-state index is 12.3. The summed E-state index contributed by atoms with van der Waals surface area (Å²) < 4.78 is 40.6. The summed E-state index contributed by atoms with van der Waals surface area (Å²) in [6.07, 6.45) is -3.37. The monoisotopic (exact) mass is 376 g/mol. The minimum Gasteiger partial charge on any atom is -0.406 e. The van der Waals surface area contributed by atoms with Crippen LogP contribution in [0.3, 0.4) is 0 Å². The van der Waals surface area contributed by atoms with Gasteiger partial charge >= 0.3 is 6.36 Å². The van der Waals surface area contributed by atoms with Gasteiger partial charge in [0.05, 0.1) is 17.1 Å². The average Bonchev–Trinajstić information content (AvgIpc) is 2.60. The van der Waals surface area contributed by atoms with Crippen LogP contribution in [0.4, 0.5) is 13.2 Å². The first-order valence-corrected chi connectivity index (χ1v) is 7.97. The molecule has 0 fully saturated rings. The van der Waals surface area contributed by atoms with Gasteiger partial charge < -0.3 is 9.72 Å². The van der Waals surface area contributed by atoms with Gasteiger partial charge in [-0.3, -0.25) is 4.79 Å².